The van der Waals surface area contributed by atoms with Crippen LogP contribution in [0.4, 0.5) is 8.78 Å². The van der Waals surface area contributed by atoms with E-state index >= 15 is 0 Å². The number of alkyl halides is 2. The van der Waals surface area contributed by atoms with Crippen molar-refractivity contribution < 1.29 is 18.7 Å². The highest BCUT2D eigenvalue weighted by Gasteiger charge is 2.22. The number of nitriles is 1. The van der Waals surface area contributed by atoms with Gasteiger partial charge in [-0.25, -0.2) is 8.78 Å². The van der Waals surface area contributed by atoms with Gasteiger partial charge in [0.2, 0.25) is 0 Å². The van der Waals surface area contributed by atoms with Gasteiger partial charge in [0.1, 0.15) is 6.07 Å². The van der Waals surface area contributed by atoms with Gasteiger partial charge in [0, 0.05) is 6.20 Å². The number of pyridine rings is 1. The van der Waals surface area contributed by atoms with Gasteiger partial charge in [-0.2, -0.15) is 5.26 Å². The number of nitrogens with zero attached hydrogens (tertiary/aromatic N) is 2. The lowest BCUT2D eigenvalue weighted by Gasteiger charge is -2.09. The molecule has 1 heterocycles. The highest BCUT2D eigenvalue weighted by atomic mass is 79.9. The zero-order chi connectivity index (χ0) is 12.3. The average Bonchev–Trinajstić information content (AvgIpc) is 2.18. The van der Waals surface area contributed by atoms with E-state index in [-0.39, 0.29) is 15.7 Å². The lowest BCUT2D eigenvalue weighted by molar-refractivity contribution is -0.136. The minimum atomic E-state index is -2.94. The molecule has 0 saturated carbocycles. The van der Waals surface area contributed by atoms with Gasteiger partial charge in [-0.05, 0) is 15.9 Å². The van der Waals surface area contributed by atoms with Crippen LogP contribution in [-0.2, 0) is 11.2 Å². The number of carbonyl (C=O) groups is 1. The molecule has 0 aliphatic rings. The number of carboxylic acids is 1. The van der Waals surface area contributed by atoms with Crippen LogP contribution in [0.2, 0.25) is 0 Å². The third-order valence-corrected chi connectivity index (χ3v) is 2.40. The van der Waals surface area contributed by atoms with E-state index in [0.717, 1.165) is 6.20 Å². The van der Waals surface area contributed by atoms with Crippen molar-refractivity contribution in [2.24, 2.45) is 0 Å². The summed E-state index contributed by atoms with van der Waals surface area (Å²) in [6.07, 6.45) is -2.43. The first-order chi connectivity index (χ1) is 7.47. The van der Waals surface area contributed by atoms with Crippen LogP contribution in [0.3, 0.4) is 0 Å². The van der Waals surface area contributed by atoms with E-state index in [1.165, 1.54) is 0 Å². The van der Waals surface area contributed by atoms with Gasteiger partial charge >= 0.3 is 5.97 Å². The van der Waals surface area contributed by atoms with Gasteiger partial charge in [0.25, 0.3) is 6.43 Å². The Kier molecular flexibility index (Phi) is 3.90. The maximum absolute atomic E-state index is 12.7. The van der Waals surface area contributed by atoms with Crippen LogP contribution in [-0.4, -0.2) is 16.1 Å². The second-order valence-electron chi connectivity index (χ2n) is 2.82. The molecule has 0 unspecified atom stereocenters. The minimum absolute atomic E-state index is 0.124. The SMILES string of the molecule is N#Cc1c(Br)cnc(CC(=O)O)c1C(F)F. The van der Waals surface area contributed by atoms with Gasteiger partial charge in [-0.3, -0.25) is 9.78 Å². The molecule has 0 aliphatic heterocycles. The topological polar surface area (TPSA) is 74.0 Å². The molecule has 1 aromatic rings. The van der Waals surface area contributed by atoms with E-state index in [2.05, 4.69) is 20.9 Å². The fraction of sp³-hybridized carbons (Fsp3) is 0.222. The molecule has 4 nitrogen and oxygen atoms in total. The lowest BCUT2D eigenvalue weighted by atomic mass is 10.1. The zero-order valence-corrected chi connectivity index (χ0v) is 9.33. The summed E-state index contributed by atoms with van der Waals surface area (Å²) in [5.74, 6) is -1.28. The van der Waals surface area contributed by atoms with Crippen LogP contribution in [0.25, 0.3) is 0 Å². The quantitative estimate of drug-likeness (QED) is 0.927. The van der Waals surface area contributed by atoms with Gasteiger partial charge < -0.3 is 5.11 Å². The van der Waals surface area contributed by atoms with Crippen LogP contribution in [0.1, 0.15) is 23.2 Å². The summed E-state index contributed by atoms with van der Waals surface area (Å²) in [6.45, 7) is 0. The molecule has 0 spiro atoms. The van der Waals surface area contributed by atoms with Crippen molar-refractivity contribution in [2.45, 2.75) is 12.8 Å². The third-order valence-electron chi connectivity index (χ3n) is 1.80. The van der Waals surface area contributed by atoms with E-state index in [4.69, 9.17) is 10.4 Å². The van der Waals surface area contributed by atoms with E-state index in [9.17, 15) is 13.6 Å². The molecular formula is C9H5BrF2N2O2. The molecule has 1 rings (SSSR count). The van der Waals surface area contributed by atoms with E-state index in [1.807, 2.05) is 0 Å². The molecule has 0 aromatic carbocycles. The number of aliphatic carboxylic acids is 1. The number of hydrogen-bond donors (Lipinski definition) is 1. The fourth-order valence-electron chi connectivity index (χ4n) is 1.17. The van der Waals surface area contributed by atoms with Gasteiger partial charge in [0.05, 0.1) is 27.7 Å². The molecule has 1 N–H and O–H groups in total. The summed E-state index contributed by atoms with van der Waals surface area (Å²) in [4.78, 5) is 14.0. The molecule has 0 atom stereocenters. The number of rotatable bonds is 3. The summed E-state index contributed by atoms with van der Waals surface area (Å²) in [7, 11) is 0. The Morgan fingerprint density at radius 3 is 2.75 bits per heavy atom. The molecule has 16 heavy (non-hydrogen) atoms. The van der Waals surface area contributed by atoms with Crippen molar-refractivity contribution >= 4 is 21.9 Å². The molecule has 1 aromatic heterocycles. The zero-order valence-electron chi connectivity index (χ0n) is 7.75. The van der Waals surface area contributed by atoms with Crippen LogP contribution in [0, 0.1) is 11.3 Å². The second-order valence-corrected chi connectivity index (χ2v) is 3.68. The summed E-state index contributed by atoms with van der Waals surface area (Å²) >= 11 is 2.91. The number of carboxylic acid groups (broad SMARTS) is 1. The van der Waals surface area contributed by atoms with E-state index in [1.54, 1.807) is 6.07 Å². The summed E-state index contributed by atoms with van der Waals surface area (Å²) in [5.41, 5.74) is -1.19. The van der Waals surface area contributed by atoms with Crippen LogP contribution < -0.4 is 0 Å². The summed E-state index contributed by atoms with van der Waals surface area (Å²) in [5, 5.41) is 17.2. The molecule has 84 valence electrons. The Balaban J connectivity index is 3.40. The Labute approximate surface area is 97.7 Å². The Hall–Kier alpha value is -1.55. The van der Waals surface area contributed by atoms with Gasteiger partial charge in [-0.15, -0.1) is 0 Å². The molecule has 0 aliphatic carbocycles. The molecular weight excluding hydrogens is 286 g/mol. The predicted molar refractivity (Wildman–Crippen MR) is 52.9 cm³/mol. The smallest absolute Gasteiger partial charge is 0.309 e. The maximum Gasteiger partial charge on any atom is 0.309 e. The second kappa shape index (κ2) is 4.99. The number of hydrogen-bond acceptors (Lipinski definition) is 3. The van der Waals surface area contributed by atoms with Crippen molar-refractivity contribution in [3.63, 3.8) is 0 Å². The maximum atomic E-state index is 12.7. The monoisotopic (exact) mass is 290 g/mol. The molecule has 7 heteroatoms. The molecule has 0 saturated heterocycles. The van der Waals surface area contributed by atoms with Crippen molar-refractivity contribution in [3.05, 3.63) is 27.5 Å². The Bertz CT molecular complexity index is 471. The molecule has 0 fully saturated rings. The van der Waals surface area contributed by atoms with E-state index in [0.29, 0.717) is 0 Å². The van der Waals surface area contributed by atoms with Gasteiger partial charge in [-0.1, -0.05) is 0 Å². The number of halogens is 3. The Morgan fingerprint density at radius 2 is 2.31 bits per heavy atom. The number of aromatic nitrogens is 1. The predicted octanol–water partition coefficient (Wildman–Crippen LogP) is 2.28. The molecule has 0 radical (unpaired) electrons. The molecule has 0 bridgehead atoms. The standard InChI is InChI=1S/C9H5BrF2N2O2/c10-5-3-14-6(1-7(15)16)8(9(11)12)4(5)2-13/h3,9H,1H2,(H,15,16). The van der Waals surface area contributed by atoms with Crippen molar-refractivity contribution in [1.29, 1.82) is 5.26 Å². The first-order valence-electron chi connectivity index (χ1n) is 4.04. The minimum Gasteiger partial charge on any atom is -0.481 e. The lowest BCUT2D eigenvalue weighted by Crippen LogP contribution is -2.08. The Morgan fingerprint density at radius 1 is 1.69 bits per heavy atom. The molecule has 0 amide bonds. The normalized spacial score (nSPS) is 10.2. The van der Waals surface area contributed by atoms with Crippen molar-refractivity contribution in [3.8, 4) is 6.07 Å². The fourth-order valence-corrected chi connectivity index (χ4v) is 1.58. The van der Waals surface area contributed by atoms with Crippen LogP contribution >= 0.6 is 15.9 Å². The summed E-state index contributed by atoms with van der Waals surface area (Å²) < 4.78 is 25.5. The van der Waals surface area contributed by atoms with Crippen molar-refractivity contribution in [2.75, 3.05) is 0 Å². The third kappa shape index (κ3) is 2.52. The van der Waals surface area contributed by atoms with Crippen LogP contribution in [0.5, 0.6) is 0 Å². The first kappa shape index (κ1) is 12.5. The largest absolute Gasteiger partial charge is 0.481 e. The van der Waals surface area contributed by atoms with Crippen LogP contribution in [0.15, 0.2) is 10.7 Å². The van der Waals surface area contributed by atoms with Gasteiger partial charge in [0.15, 0.2) is 0 Å². The first-order valence-corrected chi connectivity index (χ1v) is 4.84. The highest BCUT2D eigenvalue weighted by molar-refractivity contribution is 9.10. The average molecular weight is 291 g/mol. The van der Waals surface area contributed by atoms with E-state index < -0.39 is 24.4 Å². The summed E-state index contributed by atoms with van der Waals surface area (Å²) in [6, 6.07) is 1.60. The highest BCUT2D eigenvalue weighted by Crippen LogP contribution is 2.30. The van der Waals surface area contributed by atoms with Crippen molar-refractivity contribution in [1.82, 2.24) is 4.98 Å².